The lowest BCUT2D eigenvalue weighted by molar-refractivity contribution is 0.272. The Labute approximate surface area is 92.7 Å². The van der Waals surface area contributed by atoms with Gasteiger partial charge in [0, 0.05) is 0 Å². The summed E-state index contributed by atoms with van der Waals surface area (Å²) in [6.07, 6.45) is 1.35. The highest BCUT2D eigenvalue weighted by Crippen LogP contribution is 2.65. The lowest BCUT2D eigenvalue weighted by atomic mass is 9.66. The molecule has 2 bridgehead atoms. The normalized spacial score (nSPS) is 46.9. The van der Waals surface area contributed by atoms with Crippen LogP contribution in [-0.4, -0.2) is 0 Å². The molecule has 3 rings (SSSR count). The zero-order valence-corrected chi connectivity index (χ0v) is 10.2. The third kappa shape index (κ3) is 0.851. The Morgan fingerprint density at radius 3 is 1.73 bits per heavy atom. The van der Waals surface area contributed by atoms with Crippen LogP contribution >= 0.6 is 0 Å². The largest absolute Gasteiger partial charge is 0.0620 e. The van der Waals surface area contributed by atoms with Crippen molar-refractivity contribution in [3.05, 3.63) is 35.4 Å². The summed E-state index contributed by atoms with van der Waals surface area (Å²) in [5, 5.41) is 0. The summed E-state index contributed by atoms with van der Waals surface area (Å²) >= 11 is 0. The van der Waals surface area contributed by atoms with Crippen molar-refractivity contribution in [1.82, 2.24) is 0 Å². The Bertz CT molecular complexity index is 381. The molecule has 0 aromatic heterocycles. The fraction of sp³-hybridized carbons (Fsp3) is 0.600. The first kappa shape index (κ1) is 9.45. The van der Waals surface area contributed by atoms with Gasteiger partial charge < -0.3 is 0 Å². The van der Waals surface area contributed by atoms with Crippen LogP contribution < -0.4 is 0 Å². The average Bonchev–Trinajstić information content (AvgIpc) is 2.57. The number of hydrogen-bond donors (Lipinski definition) is 0. The van der Waals surface area contributed by atoms with Crippen molar-refractivity contribution in [2.75, 3.05) is 0 Å². The van der Waals surface area contributed by atoms with Crippen LogP contribution in [0.3, 0.4) is 0 Å². The van der Waals surface area contributed by atoms with Crippen molar-refractivity contribution >= 4 is 0 Å². The summed E-state index contributed by atoms with van der Waals surface area (Å²) in [5.41, 5.74) is 4.12. The summed E-state index contributed by atoms with van der Waals surface area (Å²) in [6.45, 7) is 9.80. The highest BCUT2D eigenvalue weighted by Gasteiger charge is 2.60. The molecule has 1 aromatic rings. The number of rotatable bonds is 0. The Morgan fingerprint density at radius 2 is 1.33 bits per heavy atom. The van der Waals surface area contributed by atoms with Gasteiger partial charge in [-0.15, -0.1) is 0 Å². The molecule has 0 amide bonds. The van der Waals surface area contributed by atoms with Gasteiger partial charge in [-0.1, -0.05) is 52.0 Å². The predicted molar refractivity (Wildman–Crippen MR) is 64.1 cm³/mol. The Hall–Kier alpha value is -0.780. The lowest BCUT2D eigenvalue weighted by Gasteiger charge is -2.38. The summed E-state index contributed by atoms with van der Waals surface area (Å²) in [7, 11) is 0. The van der Waals surface area contributed by atoms with Crippen LogP contribution in [0.15, 0.2) is 24.3 Å². The van der Waals surface area contributed by atoms with E-state index in [2.05, 4.69) is 52.0 Å². The molecule has 2 aliphatic carbocycles. The smallest absolute Gasteiger partial charge is 0.00354 e. The maximum absolute atomic E-state index is 2.46. The molecule has 0 saturated heterocycles. The van der Waals surface area contributed by atoms with Gasteiger partial charge >= 0.3 is 0 Å². The molecule has 4 unspecified atom stereocenters. The molecule has 1 aromatic carbocycles. The van der Waals surface area contributed by atoms with E-state index in [0.717, 1.165) is 11.8 Å². The first-order chi connectivity index (χ1) is 7.00. The van der Waals surface area contributed by atoms with E-state index >= 15 is 0 Å². The molecule has 0 aliphatic heterocycles. The highest BCUT2D eigenvalue weighted by molar-refractivity contribution is 5.50. The summed E-state index contributed by atoms with van der Waals surface area (Å²) < 4.78 is 0. The van der Waals surface area contributed by atoms with E-state index < -0.39 is 0 Å². The molecule has 80 valence electrons. The number of benzene rings is 1. The van der Waals surface area contributed by atoms with Gasteiger partial charge in [-0.2, -0.15) is 0 Å². The zero-order valence-electron chi connectivity index (χ0n) is 10.2. The molecule has 0 heteroatoms. The highest BCUT2D eigenvalue weighted by atomic mass is 14.6. The third-order valence-electron chi connectivity index (χ3n) is 5.65. The van der Waals surface area contributed by atoms with Crippen molar-refractivity contribution in [3.63, 3.8) is 0 Å². The van der Waals surface area contributed by atoms with Crippen LogP contribution in [0.2, 0.25) is 0 Å². The number of hydrogen-bond acceptors (Lipinski definition) is 0. The fourth-order valence-corrected chi connectivity index (χ4v) is 4.35. The minimum Gasteiger partial charge on any atom is -0.0620 e. The van der Waals surface area contributed by atoms with E-state index in [1.165, 1.54) is 6.42 Å². The number of fused-ring (bicyclic) bond motifs is 5. The summed E-state index contributed by atoms with van der Waals surface area (Å²) in [6, 6.07) is 9.10. The second kappa shape index (κ2) is 2.48. The first-order valence-electron chi connectivity index (χ1n) is 6.10. The Morgan fingerprint density at radius 1 is 0.933 bits per heavy atom. The standard InChI is InChI=1S/C15H20/c1-10-11(2)15(4)9-14(10,3)12-7-5-6-8-13(12)15/h5-8,10-11H,9H2,1-4H3. The lowest BCUT2D eigenvalue weighted by Crippen LogP contribution is -2.33. The van der Waals surface area contributed by atoms with Gasteiger partial charge in [0.2, 0.25) is 0 Å². The van der Waals surface area contributed by atoms with E-state index in [1.54, 1.807) is 11.1 Å². The van der Waals surface area contributed by atoms with Crippen molar-refractivity contribution < 1.29 is 0 Å². The van der Waals surface area contributed by atoms with Crippen LogP contribution in [-0.2, 0) is 10.8 Å². The molecule has 0 nitrogen and oxygen atoms in total. The van der Waals surface area contributed by atoms with Gasteiger partial charge in [0.05, 0.1) is 0 Å². The van der Waals surface area contributed by atoms with E-state index in [-0.39, 0.29) is 0 Å². The predicted octanol–water partition coefficient (Wildman–Crippen LogP) is 3.89. The van der Waals surface area contributed by atoms with Gasteiger partial charge in [0.1, 0.15) is 0 Å². The molecule has 15 heavy (non-hydrogen) atoms. The first-order valence-corrected chi connectivity index (χ1v) is 6.10. The van der Waals surface area contributed by atoms with Crippen molar-refractivity contribution in [1.29, 1.82) is 0 Å². The summed E-state index contributed by atoms with van der Waals surface area (Å²) in [4.78, 5) is 0. The van der Waals surface area contributed by atoms with Crippen molar-refractivity contribution in [2.45, 2.75) is 44.9 Å². The maximum atomic E-state index is 2.46. The minimum absolute atomic E-state index is 0.435. The molecule has 1 saturated carbocycles. The Kier molecular flexibility index (Phi) is 1.56. The molecule has 4 atom stereocenters. The monoisotopic (exact) mass is 200 g/mol. The molecule has 1 fully saturated rings. The van der Waals surface area contributed by atoms with Gasteiger partial charge in [-0.05, 0) is 40.2 Å². The van der Waals surface area contributed by atoms with Gasteiger partial charge in [0.25, 0.3) is 0 Å². The van der Waals surface area contributed by atoms with E-state index in [9.17, 15) is 0 Å². The average molecular weight is 200 g/mol. The van der Waals surface area contributed by atoms with E-state index in [4.69, 9.17) is 0 Å². The third-order valence-corrected chi connectivity index (χ3v) is 5.65. The summed E-state index contributed by atoms with van der Waals surface area (Å²) in [5.74, 6) is 1.63. The fourth-order valence-electron chi connectivity index (χ4n) is 4.35. The minimum atomic E-state index is 0.435. The van der Waals surface area contributed by atoms with Crippen LogP contribution in [0.1, 0.15) is 45.2 Å². The quantitative estimate of drug-likeness (QED) is 0.596. The van der Waals surface area contributed by atoms with Gasteiger partial charge in [0.15, 0.2) is 0 Å². The second-order valence-electron chi connectivity index (χ2n) is 6.13. The topological polar surface area (TPSA) is 0 Å². The molecular weight excluding hydrogens is 180 g/mol. The zero-order chi connectivity index (χ0) is 10.8. The van der Waals surface area contributed by atoms with Crippen LogP contribution in [0, 0.1) is 11.8 Å². The van der Waals surface area contributed by atoms with E-state index in [1.807, 2.05) is 0 Å². The van der Waals surface area contributed by atoms with E-state index in [0.29, 0.717) is 10.8 Å². The second-order valence-corrected chi connectivity index (χ2v) is 6.13. The van der Waals surface area contributed by atoms with Crippen LogP contribution in [0.5, 0.6) is 0 Å². The Balaban J connectivity index is 2.31. The SMILES string of the molecule is CC1C(C)C2(C)CC1(C)c1ccccc12. The molecule has 0 N–H and O–H groups in total. The molecular formula is C15H20. The molecule has 0 radical (unpaired) electrons. The molecule has 0 heterocycles. The van der Waals surface area contributed by atoms with Crippen molar-refractivity contribution in [3.8, 4) is 0 Å². The van der Waals surface area contributed by atoms with Crippen molar-refractivity contribution in [2.24, 2.45) is 11.8 Å². The molecule has 0 spiro atoms. The van der Waals surface area contributed by atoms with Crippen LogP contribution in [0.25, 0.3) is 0 Å². The van der Waals surface area contributed by atoms with Gasteiger partial charge in [-0.25, -0.2) is 0 Å². The van der Waals surface area contributed by atoms with Gasteiger partial charge in [-0.3, -0.25) is 0 Å². The molecule has 2 aliphatic rings. The van der Waals surface area contributed by atoms with Crippen LogP contribution in [0.4, 0.5) is 0 Å². The maximum Gasteiger partial charge on any atom is -0.00354 e.